The van der Waals surface area contributed by atoms with Gasteiger partial charge in [0.15, 0.2) is 5.79 Å². The molecule has 1 heterocycles. The van der Waals surface area contributed by atoms with Gasteiger partial charge in [-0.25, -0.2) is 0 Å². The Morgan fingerprint density at radius 1 is 1.25 bits per heavy atom. The van der Waals surface area contributed by atoms with Crippen molar-refractivity contribution in [3.8, 4) is 0 Å². The number of allylic oxidation sites excluding steroid dienone is 1. The molecule has 0 aromatic rings. The Morgan fingerprint density at radius 3 is 2.17 bits per heavy atom. The minimum Gasteiger partial charge on any atom is -0.345 e. The summed E-state index contributed by atoms with van der Waals surface area (Å²) >= 11 is 0. The highest BCUT2D eigenvalue weighted by Gasteiger charge is 2.46. The summed E-state index contributed by atoms with van der Waals surface area (Å²) in [6.07, 6.45) is 4.79. The van der Waals surface area contributed by atoms with Crippen molar-refractivity contribution in [1.29, 1.82) is 0 Å². The summed E-state index contributed by atoms with van der Waals surface area (Å²) in [6.45, 7) is 7.76. The van der Waals surface area contributed by atoms with Crippen LogP contribution in [0.5, 0.6) is 0 Å². The first kappa shape index (κ1) is 8.27. The molecular formula is C10H16O2. The van der Waals surface area contributed by atoms with Crippen LogP contribution in [-0.2, 0) is 9.47 Å². The third-order valence-corrected chi connectivity index (χ3v) is 2.69. The topological polar surface area (TPSA) is 18.5 Å². The zero-order valence-corrected chi connectivity index (χ0v) is 7.75. The fourth-order valence-corrected chi connectivity index (χ4v) is 2.19. The lowest BCUT2D eigenvalue weighted by molar-refractivity contribution is -0.152. The molecule has 68 valence electrons. The Kier molecular flexibility index (Phi) is 1.77. The van der Waals surface area contributed by atoms with E-state index in [9.17, 15) is 0 Å². The van der Waals surface area contributed by atoms with E-state index in [1.54, 1.807) is 0 Å². The van der Waals surface area contributed by atoms with E-state index in [0.717, 1.165) is 12.8 Å². The van der Waals surface area contributed by atoms with Crippen LogP contribution in [0.4, 0.5) is 0 Å². The van der Waals surface area contributed by atoms with Crippen LogP contribution >= 0.6 is 0 Å². The van der Waals surface area contributed by atoms with Crippen LogP contribution in [-0.4, -0.2) is 18.0 Å². The zero-order chi connectivity index (χ0) is 8.77. The molecule has 12 heavy (non-hydrogen) atoms. The zero-order valence-electron chi connectivity index (χ0n) is 7.75. The van der Waals surface area contributed by atoms with Gasteiger partial charge in [-0.15, -0.1) is 6.58 Å². The van der Waals surface area contributed by atoms with E-state index in [4.69, 9.17) is 9.47 Å². The minimum absolute atomic E-state index is 0.308. The Bertz CT molecular complexity index is 182. The molecule has 1 aliphatic carbocycles. The number of rotatable bonds is 1. The number of hydrogen-bond acceptors (Lipinski definition) is 2. The maximum Gasteiger partial charge on any atom is 0.163 e. The second-order valence-electron chi connectivity index (χ2n) is 4.18. The van der Waals surface area contributed by atoms with Crippen LogP contribution in [0.1, 0.15) is 26.7 Å². The van der Waals surface area contributed by atoms with Gasteiger partial charge < -0.3 is 9.47 Å². The normalized spacial score (nSPS) is 44.3. The first-order chi connectivity index (χ1) is 5.61. The van der Waals surface area contributed by atoms with E-state index in [1.165, 1.54) is 0 Å². The highest BCUT2D eigenvalue weighted by Crippen LogP contribution is 2.40. The molecule has 2 heteroatoms. The minimum atomic E-state index is -0.360. The van der Waals surface area contributed by atoms with Crippen LogP contribution in [0, 0.1) is 5.92 Å². The smallest absolute Gasteiger partial charge is 0.163 e. The molecule has 2 rings (SSSR count). The quantitative estimate of drug-likeness (QED) is 0.558. The Labute approximate surface area is 73.5 Å². The SMILES string of the molecule is C=CC1C[C@@H]2OC(C)(C)O[C@@H]2C1. The summed E-state index contributed by atoms with van der Waals surface area (Å²) in [5.41, 5.74) is 0. The molecule has 0 radical (unpaired) electrons. The van der Waals surface area contributed by atoms with E-state index >= 15 is 0 Å². The van der Waals surface area contributed by atoms with Gasteiger partial charge in [-0.2, -0.15) is 0 Å². The summed E-state index contributed by atoms with van der Waals surface area (Å²) in [6, 6.07) is 0. The summed E-state index contributed by atoms with van der Waals surface area (Å²) in [5, 5.41) is 0. The molecule has 1 saturated carbocycles. The van der Waals surface area contributed by atoms with Gasteiger partial charge in [0, 0.05) is 0 Å². The molecule has 3 atom stereocenters. The standard InChI is InChI=1S/C10H16O2/c1-4-7-5-8-9(6-7)12-10(2,3)11-8/h4,7-9H,1,5-6H2,2-3H3/t7?,8-,9+. The lowest BCUT2D eigenvalue weighted by Gasteiger charge is -2.19. The highest BCUT2D eigenvalue weighted by atomic mass is 16.8. The van der Waals surface area contributed by atoms with Crippen molar-refractivity contribution in [3.05, 3.63) is 12.7 Å². The molecule has 1 aliphatic heterocycles. The van der Waals surface area contributed by atoms with E-state index in [2.05, 4.69) is 6.58 Å². The van der Waals surface area contributed by atoms with Crippen molar-refractivity contribution in [2.75, 3.05) is 0 Å². The second-order valence-corrected chi connectivity index (χ2v) is 4.18. The van der Waals surface area contributed by atoms with Gasteiger partial charge >= 0.3 is 0 Å². The maximum absolute atomic E-state index is 5.73. The molecular weight excluding hydrogens is 152 g/mol. The van der Waals surface area contributed by atoms with Crippen molar-refractivity contribution in [1.82, 2.24) is 0 Å². The van der Waals surface area contributed by atoms with Gasteiger partial charge in [-0.3, -0.25) is 0 Å². The lowest BCUT2D eigenvalue weighted by Crippen LogP contribution is -2.22. The molecule has 0 amide bonds. The number of hydrogen-bond donors (Lipinski definition) is 0. The van der Waals surface area contributed by atoms with Crippen LogP contribution < -0.4 is 0 Å². The van der Waals surface area contributed by atoms with Crippen molar-refractivity contribution >= 4 is 0 Å². The largest absolute Gasteiger partial charge is 0.345 e. The fourth-order valence-electron chi connectivity index (χ4n) is 2.19. The van der Waals surface area contributed by atoms with Crippen molar-refractivity contribution < 1.29 is 9.47 Å². The average Bonchev–Trinajstić information content (AvgIpc) is 2.40. The van der Waals surface area contributed by atoms with Crippen molar-refractivity contribution in [2.45, 2.75) is 44.7 Å². The predicted octanol–water partition coefficient (Wildman–Crippen LogP) is 2.10. The first-order valence-corrected chi connectivity index (χ1v) is 4.59. The third kappa shape index (κ3) is 1.29. The first-order valence-electron chi connectivity index (χ1n) is 4.59. The molecule has 2 nitrogen and oxygen atoms in total. The van der Waals surface area contributed by atoms with Crippen LogP contribution in [0.15, 0.2) is 12.7 Å². The van der Waals surface area contributed by atoms with Crippen molar-refractivity contribution in [3.63, 3.8) is 0 Å². The van der Waals surface area contributed by atoms with Gasteiger partial charge in [-0.05, 0) is 32.6 Å². The van der Waals surface area contributed by atoms with Gasteiger partial charge in [0.05, 0.1) is 12.2 Å². The number of fused-ring (bicyclic) bond motifs is 1. The van der Waals surface area contributed by atoms with Crippen LogP contribution in [0.3, 0.4) is 0 Å². The molecule has 0 spiro atoms. The third-order valence-electron chi connectivity index (χ3n) is 2.69. The number of ether oxygens (including phenoxy) is 2. The van der Waals surface area contributed by atoms with E-state index in [-0.39, 0.29) is 5.79 Å². The predicted molar refractivity (Wildman–Crippen MR) is 46.7 cm³/mol. The van der Waals surface area contributed by atoms with E-state index in [0.29, 0.717) is 18.1 Å². The summed E-state index contributed by atoms with van der Waals surface area (Å²) in [4.78, 5) is 0. The highest BCUT2D eigenvalue weighted by molar-refractivity contribution is 4.97. The molecule has 0 N–H and O–H groups in total. The summed E-state index contributed by atoms with van der Waals surface area (Å²) in [7, 11) is 0. The van der Waals surface area contributed by atoms with Crippen molar-refractivity contribution in [2.24, 2.45) is 5.92 Å². The van der Waals surface area contributed by atoms with Gasteiger partial charge in [0.2, 0.25) is 0 Å². The maximum atomic E-state index is 5.73. The Morgan fingerprint density at radius 2 is 1.75 bits per heavy atom. The molecule has 0 aromatic carbocycles. The van der Waals surface area contributed by atoms with Crippen LogP contribution in [0.2, 0.25) is 0 Å². The molecule has 2 fully saturated rings. The Hall–Kier alpha value is -0.340. The fraction of sp³-hybridized carbons (Fsp3) is 0.800. The summed E-state index contributed by atoms with van der Waals surface area (Å²) in [5.74, 6) is 0.234. The molecule has 1 unspecified atom stereocenters. The Balaban J connectivity index is 2.02. The van der Waals surface area contributed by atoms with E-state index < -0.39 is 0 Å². The van der Waals surface area contributed by atoms with Crippen LogP contribution in [0.25, 0.3) is 0 Å². The monoisotopic (exact) mass is 168 g/mol. The van der Waals surface area contributed by atoms with Gasteiger partial charge in [0.25, 0.3) is 0 Å². The molecule has 2 aliphatic rings. The van der Waals surface area contributed by atoms with Gasteiger partial charge in [-0.1, -0.05) is 6.08 Å². The summed E-state index contributed by atoms with van der Waals surface area (Å²) < 4.78 is 11.5. The molecule has 0 aromatic heterocycles. The average molecular weight is 168 g/mol. The second kappa shape index (κ2) is 2.57. The van der Waals surface area contributed by atoms with E-state index in [1.807, 2.05) is 19.9 Å². The molecule has 0 bridgehead atoms. The lowest BCUT2D eigenvalue weighted by atomic mass is 10.1. The van der Waals surface area contributed by atoms with Gasteiger partial charge in [0.1, 0.15) is 0 Å². The molecule has 1 saturated heterocycles.